The zero-order valence-electron chi connectivity index (χ0n) is 8.37. The summed E-state index contributed by atoms with van der Waals surface area (Å²) >= 11 is 0. The first kappa shape index (κ1) is 10.0. The van der Waals surface area contributed by atoms with Crippen molar-refractivity contribution in [2.45, 2.75) is 32.6 Å². The number of rotatable bonds is 5. The number of hydrogen-bond donors (Lipinski definition) is 0. The molecule has 13 heavy (non-hydrogen) atoms. The smallest absolute Gasteiger partial charge is 0.0276 e. The van der Waals surface area contributed by atoms with Gasteiger partial charge in [-0.2, -0.15) is 0 Å². The van der Waals surface area contributed by atoms with Crippen LogP contribution in [0.25, 0.3) is 0 Å². The predicted molar refractivity (Wildman–Crippen MR) is 58.8 cm³/mol. The van der Waals surface area contributed by atoms with E-state index in [1.54, 1.807) is 0 Å². The van der Waals surface area contributed by atoms with Gasteiger partial charge in [0, 0.05) is 0 Å². The molecule has 0 spiro atoms. The number of benzene rings is 1. The molecule has 0 amide bonds. The van der Waals surface area contributed by atoms with E-state index in [1.807, 2.05) is 0 Å². The lowest BCUT2D eigenvalue weighted by molar-refractivity contribution is 0.840. The number of aryl methyl sites for hydroxylation is 1. The molecular weight excluding hydrogens is 156 g/mol. The summed E-state index contributed by atoms with van der Waals surface area (Å²) in [6.07, 6.45) is 9.36. The van der Waals surface area contributed by atoms with E-state index in [-0.39, 0.29) is 0 Å². The molecule has 0 heterocycles. The molecule has 1 aromatic carbocycles. The van der Waals surface area contributed by atoms with Crippen LogP contribution < -0.4 is 0 Å². The number of allylic oxidation sites excluding steroid dienone is 2. The van der Waals surface area contributed by atoms with Crippen LogP contribution in [-0.4, -0.2) is 0 Å². The fraction of sp³-hybridized carbons (Fsp3) is 0.385. The third kappa shape index (κ3) is 4.51. The van der Waals surface area contributed by atoms with Gasteiger partial charge < -0.3 is 0 Å². The van der Waals surface area contributed by atoms with Crippen LogP contribution in [0.2, 0.25) is 0 Å². The Morgan fingerprint density at radius 2 is 1.85 bits per heavy atom. The molecule has 0 fully saturated rings. The van der Waals surface area contributed by atoms with Crippen LogP contribution in [0.4, 0.5) is 0 Å². The summed E-state index contributed by atoms with van der Waals surface area (Å²) in [5.74, 6) is 0. The van der Waals surface area contributed by atoms with E-state index in [1.165, 1.54) is 24.8 Å². The highest BCUT2D eigenvalue weighted by Gasteiger charge is 1.88. The molecule has 0 aliphatic heterocycles. The van der Waals surface area contributed by atoms with Gasteiger partial charge in [-0.15, -0.1) is 0 Å². The van der Waals surface area contributed by atoms with Crippen LogP contribution in [0.15, 0.2) is 42.5 Å². The van der Waals surface area contributed by atoms with Crippen molar-refractivity contribution in [1.82, 2.24) is 0 Å². The predicted octanol–water partition coefficient (Wildman–Crippen LogP) is 3.98. The lowest BCUT2D eigenvalue weighted by Crippen LogP contribution is -1.82. The standard InChI is InChI=1S/C13H18/c1-2-3-4-5-7-10-13-11-8-6-9-12-13/h3-4,6,8-9,11-12H,2,5,7,10H2,1H3/b4-3-. The molecule has 0 N–H and O–H groups in total. The maximum atomic E-state index is 2.28. The van der Waals surface area contributed by atoms with Crippen molar-refractivity contribution in [3.05, 3.63) is 48.0 Å². The van der Waals surface area contributed by atoms with Gasteiger partial charge in [0.2, 0.25) is 0 Å². The molecule has 0 heteroatoms. The second kappa shape index (κ2) is 6.47. The van der Waals surface area contributed by atoms with Crippen molar-refractivity contribution in [2.24, 2.45) is 0 Å². The first-order chi connectivity index (χ1) is 6.43. The van der Waals surface area contributed by atoms with Crippen LogP contribution >= 0.6 is 0 Å². The monoisotopic (exact) mass is 174 g/mol. The van der Waals surface area contributed by atoms with Crippen molar-refractivity contribution < 1.29 is 0 Å². The van der Waals surface area contributed by atoms with E-state index >= 15 is 0 Å². The average molecular weight is 174 g/mol. The molecule has 1 aromatic rings. The minimum Gasteiger partial charge on any atom is -0.0888 e. The zero-order chi connectivity index (χ0) is 9.36. The number of unbranched alkanes of at least 4 members (excludes halogenated alkanes) is 1. The summed E-state index contributed by atoms with van der Waals surface area (Å²) < 4.78 is 0. The summed E-state index contributed by atoms with van der Waals surface area (Å²) in [6, 6.07) is 10.7. The van der Waals surface area contributed by atoms with Gasteiger partial charge in [0.05, 0.1) is 0 Å². The van der Waals surface area contributed by atoms with Gasteiger partial charge in [-0.05, 0) is 31.2 Å². The minimum absolute atomic E-state index is 1.16. The molecule has 0 saturated heterocycles. The second-order valence-corrected chi connectivity index (χ2v) is 3.26. The van der Waals surface area contributed by atoms with Gasteiger partial charge in [-0.3, -0.25) is 0 Å². The van der Waals surface area contributed by atoms with Gasteiger partial charge in [0.25, 0.3) is 0 Å². The van der Waals surface area contributed by atoms with Gasteiger partial charge in [-0.1, -0.05) is 49.4 Å². The summed E-state index contributed by atoms with van der Waals surface area (Å²) in [5, 5.41) is 0. The van der Waals surface area contributed by atoms with E-state index in [9.17, 15) is 0 Å². The maximum Gasteiger partial charge on any atom is -0.0276 e. The molecule has 0 unspecified atom stereocenters. The Morgan fingerprint density at radius 3 is 2.54 bits per heavy atom. The summed E-state index contributed by atoms with van der Waals surface area (Å²) in [5.41, 5.74) is 1.45. The third-order valence-electron chi connectivity index (χ3n) is 2.08. The van der Waals surface area contributed by atoms with Crippen LogP contribution in [0.3, 0.4) is 0 Å². The zero-order valence-corrected chi connectivity index (χ0v) is 8.37. The molecule has 0 atom stereocenters. The quantitative estimate of drug-likeness (QED) is 0.468. The molecule has 0 bridgehead atoms. The highest BCUT2D eigenvalue weighted by molar-refractivity contribution is 5.14. The van der Waals surface area contributed by atoms with E-state index < -0.39 is 0 Å². The van der Waals surface area contributed by atoms with Crippen molar-refractivity contribution in [2.75, 3.05) is 0 Å². The van der Waals surface area contributed by atoms with E-state index in [4.69, 9.17) is 0 Å². The van der Waals surface area contributed by atoms with Gasteiger partial charge in [-0.25, -0.2) is 0 Å². The highest BCUT2D eigenvalue weighted by Crippen LogP contribution is 2.04. The van der Waals surface area contributed by atoms with Gasteiger partial charge in [0.15, 0.2) is 0 Å². The van der Waals surface area contributed by atoms with Gasteiger partial charge >= 0.3 is 0 Å². The fourth-order valence-electron chi connectivity index (χ4n) is 1.35. The van der Waals surface area contributed by atoms with Crippen LogP contribution in [0.5, 0.6) is 0 Å². The molecular formula is C13H18. The Kier molecular flexibility index (Phi) is 5.00. The van der Waals surface area contributed by atoms with Crippen LogP contribution in [0.1, 0.15) is 31.7 Å². The largest absolute Gasteiger partial charge is 0.0888 e. The Bertz CT molecular complexity index is 233. The summed E-state index contributed by atoms with van der Waals surface area (Å²) in [4.78, 5) is 0. The molecule has 0 saturated carbocycles. The minimum atomic E-state index is 1.16. The molecule has 0 aliphatic carbocycles. The SMILES string of the molecule is CC/C=C\CCCc1ccccc1. The van der Waals surface area contributed by atoms with E-state index in [0.717, 1.165) is 6.42 Å². The van der Waals surface area contributed by atoms with E-state index in [2.05, 4.69) is 49.4 Å². The fourth-order valence-corrected chi connectivity index (χ4v) is 1.35. The average Bonchev–Trinajstić information content (AvgIpc) is 2.19. The van der Waals surface area contributed by atoms with Crippen molar-refractivity contribution >= 4 is 0 Å². The van der Waals surface area contributed by atoms with E-state index in [0.29, 0.717) is 0 Å². The molecule has 0 nitrogen and oxygen atoms in total. The topological polar surface area (TPSA) is 0 Å². The first-order valence-corrected chi connectivity index (χ1v) is 5.12. The molecule has 0 radical (unpaired) electrons. The summed E-state index contributed by atoms with van der Waals surface area (Å²) in [7, 11) is 0. The molecule has 70 valence electrons. The normalized spacial score (nSPS) is 10.8. The van der Waals surface area contributed by atoms with Crippen LogP contribution in [0, 0.1) is 0 Å². The Balaban J connectivity index is 2.17. The second-order valence-electron chi connectivity index (χ2n) is 3.26. The van der Waals surface area contributed by atoms with Crippen molar-refractivity contribution in [3.63, 3.8) is 0 Å². The highest BCUT2D eigenvalue weighted by atomic mass is 13.9. The lowest BCUT2D eigenvalue weighted by atomic mass is 10.1. The molecule has 0 aromatic heterocycles. The Hall–Kier alpha value is -1.04. The van der Waals surface area contributed by atoms with Crippen molar-refractivity contribution in [3.8, 4) is 0 Å². The maximum absolute atomic E-state index is 2.28. The Morgan fingerprint density at radius 1 is 1.08 bits per heavy atom. The lowest BCUT2D eigenvalue weighted by Gasteiger charge is -1.97. The summed E-state index contributed by atoms with van der Waals surface area (Å²) in [6.45, 7) is 2.17. The van der Waals surface area contributed by atoms with Gasteiger partial charge in [0.1, 0.15) is 0 Å². The molecule has 0 aliphatic rings. The Labute approximate surface area is 81.3 Å². The first-order valence-electron chi connectivity index (χ1n) is 5.12. The van der Waals surface area contributed by atoms with Crippen molar-refractivity contribution in [1.29, 1.82) is 0 Å². The third-order valence-corrected chi connectivity index (χ3v) is 2.08. The van der Waals surface area contributed by atoms with Crippen LogP contribution in [-0.2, 0) is 6.42 Å². The molecule has 1 rings (SSSR count). The number of hydrogen-bond acceptors (Lipinski definition) is 0.